The Morgan fingerprint density at radius 1 is 0.533 bits per heavy atom. The molecule has 0 aliphatic heterocycles. The molecule has 1 fully saturated rings. The smallest absolute Gasteiger partial charge is 0.0835 e. The van der Waals surface area contributed by atoms with E-state index in [1.54, 1.807) is 4.70 Å². The summed E-state index contributed by atoms with van der Waals surface area (Å²) in [7, 11) is 0. The van der Waals surface area contributed by atoms with Crippen LogP contribution in [0.5, 0.6) is 0 Å². The van der Waals surface area contributed by atoms with Crippen LogP contribution in [-0.2, 0) is 0 Å². The van der Waals surface area contributed by atoms with Crippen LogP contribution in [0.1, 0.15) is 77.0 Å². The Bertz CT molecular complexity index is 87.8. The summed E-state index contributed by atoms with van der Waals surface area (Å²) in [6.07, 6.45) is 18.0. The summed E-state index contributed by atoms with van der Waals surface area (Å²) in [5.74, 6) is 0. The van der Waals surface area contributed by atoms with Crippen LogP contribution < -0.4 is 0 Å². The second kappa shape index (κ2) is 13.9. The third-order valence-corrected chi connectivity index (χ3v) is 3.00. The molecule has 2 nitrogen and oxygen atoms in total. The number of nitrogens with zero attached hydrogens (tertiary/aromatic N) is 1. The summed E-state index contributed by atoms with van der Waals surface area (Å²) >= 11 is 4.07. The normalized spacial score (nSPS) is 20.1. The van der Waals surface area contributed by atoms with E-state index in [1.165, 1.54) is 77.0 Å². The average molecular weight is 234 g/mol. The maximum atomic E-state index is 8.32. The topological polar surface area (TPSA) is 29.4 Å². The van der Waals surface area contributed by atoms with E-state index in [4.69, 9.17) is 4.91 Å². The van der Waals surface area contributed by atoms with Gasteiger partial charge in [0.1, 0.15) is 0 Å². The summed E-state index contributed by atoms with van der Waals surface area (Å²) in [5.41, 5.74) is 0. The van der Waals surface area contributed by atoms with E-state index in [1.807, 2.05) is 0 Å². The zero-order valence-corrected chi connectivity index (χ0v) is 10.5. The van der Waals surface area contributed by atoms with Crippen molar-refractivity contribution in [3.8, 4) is 0 Å². The highest BCUT2D eigenvalue weighted by molar-refractivity contribution is 6.14. The standard InChI is InChI=1S/C12H24.ClNO/c1-2-4-6-8-10-12-11-9-7-5-3-1;1-2-3/h1-12H2;. The lowest BCUT2D eigenvalue weighted by Gasteiger charge is -2.05. The minimum atomic E-state index is 1.50. The number of nitroso groups, excluding NO2 is 1. The largest absolute Gasteiger partial charge is 0.131 e. The lowest BCUT2D eigenvalue weighted by Crippen LogP contribution is -1.85. The third-order valence-electron chi connectivity index (χ3n) is 3.00. The Labute approximate surface area is 98.9 Å². The van der Waals surface area contributed by atoms with Gasteiger partial charge in [0, 0.05) is 4.70 Å². The summed E-state index contributed by atoms with van der Waals surface area (Å²) < 4.78 is 1.72. The lowest BCUT2D eigenvalue weighted by molar-refractivity contribution is 0.504. The molecule has 1 aliphatic carbocycles. The predicted molar refractivity (Wildman–Crippen MR) is 67.1 cm³/mol. The molecule has 0 aromatic rings. The minimum Gasteiger partial charge on any atom is -0.131 e. The molecule has 0 amide bonds. The van der Waals surface area contributed by atoms with Crippen LogP contribution in [0.4, 0.5) is 0 Å². The van der Waals surface area contributed by atoms with Gasteiger partial charge in [0.05, 0.1) is 11.8 Å². The van der Waals surface area contributed by atoms with Gasteiger partial charge in [-0.25, -0.2) is 0 Å². The summed E-state index contributed by atoms with van der Waals surface area (Å²) in [5, 5.41) is 0. The van der Waals surface area contributed by atoms with Crippen LogP contribution in [0.2, 0.25) is 0 Å². The van der Waals surface area contributed by atoms with Crippen molar-refractivity contribution < 1.29 is 0 Å². The lowest BCUT2D eigenvalue weighted by atomic mass is 10.0. The second-order valence-electron chi connectivity index (χ2n) is 4.31. The molecule has 0 aromatic carbocycles. The van der Waals surface area contributed by atoms with Gasteiger partial charge in [-0.05, 0) is 0 Å². The minimum absolute atomic E-state index is 1.50. The molecule has 15 heavy (non-hydrogen) atoms. The van der Waals surface area contributed by atoms with Gasteiger partial charge in [-0.2, -0.15) is 0 Å². The van der Waals surface area contributed by atoms with E-state index in [0.29, 0.717) is 0 Å². The van der Waals surface area contributed by atoms with Crippen LogP contribution >= 0.6 is 11.8 Å². The average Bonchev–Trinajstić information content (AvgIpc) is 2.19. The van der Waals surface area contributed by atoms with Crippen molar-refractivity contribution in [2.24, 2.45) is 4.70 Å². The van der Waals surface area contributed by atoms with Gasteiger partial charge in [-0.1, -0.05) is 77.0 Å². The third kappa shape index (κ3) is 13.9. The van der Waals surface area contributed by atoms with Crippen LogP contribution in [-0.4, -0.2) is 0 Å². The molecule has 3 heteroatoms. The Balaban J connectivity index is 0.000000583. The molecule has 0 heterocycles. The molecule has 0 unspecified atom stereocenters. The van der Waals surface area contributed by atoms with E-state index < -0.39 is 0 Å². The van der Waals surface area contributed by atoms with Crippen molar-refractivity contribution in [3.05, 3.63) is 4.91 Å². The molecule has 0 aromatic heterocycles. The van der Waals surface area contributed by atoms with Crippen LogP contribution in [0, 0.1) is 4.91 Å². The fourth-order valence-electron chi connectivity index (χ4n) is 2.12. The molecule has 90 valence electrons. The molecular weight excluding hydrogens is 210 g/mol. The molecule has 1 rings (SSSR count). The highest BCUT2D eigenvalue weighted by Crippen LogP contribution is 2.15. The fraction of sp³-hybridized carbons (Fsp3) is 1.00. The maximum absolute atomic E-state index is 8.32. The predicted octanol–water partition coefficient (Wildman–Crippen LogP) is 5.59. The van der Waals surface area contributed by atoms with Gasteiger partial charge in [-0.15, -0.1) is 4.91 Å². The number of halogens is 1. The first-order valence-corrected chi connectivity index (χ1v) is 6.69. The van der Waals surface area contributed by atoms with Crippen LogP contribution in [0.25, 0.3) is 0 Å². The van der Waals surface area contributed by atoms with Gasteiger partial charge in [-0.3, -0.25) is 0 Å². The molecule has 1 aliphatic rings. The first kappa shape index (κ1) is 14.9. The van der Waals surface area contributed by atoms with Gasteiger partial charge < -0.3 is 0 Å². The summed E-state index contributed by atoms with van der Waals surface area (Å²) in [6.45, 7) is 0. The molecule has 0 saturated heterocycles. The molecular formula is C12H24ClNO. The molecule has 0 radical (unpaired) electrons. The van der Waals surface area contributed by atoms with Crippen molar-refractivity contribution in [1.29, 1.82) is 0 Å². The number of hydrogen-bond donors (Lipinski definition) is 0. The number of hydrogen-bond acceptors (Lipinski definition) is 2. The summed E-state index contributed by atoms with van der Waals surface area (Å²) in [6, 6.07) is 0. The quantitative estimate of drug-likeness (QED) is 0.502. The maximum Gasteiger partial charge on any atom is 0.0835 e. The second-order valence-corrected chi connectivity index (χ2v) is 4.45. The van der Waals surface area contributed by atoms with E-state index in [-0.39, 0.29) is 0 Å². The zero-order chi connectivity index (χ0) is 11.2. The Kier molecular flexibility index (Phi) is 13.8. The van der Waals surface area contributed by atoms with E-state index in [0.717, 1.165) is 0 Å². The van der Waals surface area contributed by atoms with E-state index >= 15 is 0 Å². The Morgan fingerprint density at radius 3 is 0.667 bits per heavy atom. The van der Waals surface area contributed by atoms with Gasteiger partial charge in [0.2, 0.25) is 0 Å². The monoisotopic (exact) mass is 233 g/mol. The summed E-state index contributed by atoms with van der Waals surface area (Å²) in [4.78, 5) is 8.32. The highest BCUT2D eigenvalue weighted by Gasteiger charge is 1.96. The molecule has 0 spiro atoms. The molecule has 0 N–H and O–H groups in total. The number of rotatable bonds is 0. The molecule has 1 saturated carbocycles. The molecule has 0 atom stereocenters. The van der Waals surface area contributed by atoms with Crippen molar-refractivity contribution in [2.75, 3.05) is 0 Å². The Morgan fingerprint density at radius 2 is 0.600 bits per heavy atom. The van der Waals surface area contributed by atoms with E-state index in [2.05, 4.69) is 11.8 Å². The van der Waals surface area contributed by atoms with Crippen molar-refractivity contribution in [3.63, 3.8) is 0 Å². The first-order valence-electron chi connectivity index (χ1n) is 6.35. The zero-order valence-electron chi connectivity index (χ0n) is 9.72. The van der Waals surface area contributed by atoms with Crippen molar-refractivity contribution in [2.45, 2.75) is 77.0 Å². The van der Waals surface area contributed by atoms with Crippen molar-refractivity contribution >= 4 is 11.8 Å². The van der Waals surface area contributed by atoms with Crippen molar-refractivity contribution in [1.82, 2.24) is 0 Å². The highest BCUT2D eigenvalue weighted by atomic mass is 35.5. The first-order chi connectivity index (χ1) is 7.41. The van der Waals surface area contributed by atoms with Crippen LogP contribution in [0.15, 0.2) is 4.70 Å². The fourth-order valence-corrected chi connectivity index (χ4v) is 2.12. The van der Waals surface area contributed by atoms with E-state index in [9.17, 15) is 0 Å². The van der Waals surface area contributed by atoms with Crippen LogP contribution in [0.3, 0.4) is 0 Å². The SMILES string of the molecule is C1CCCCCCCCCCC1.O=NCl. The Hall–Kier alpha value is -0.110. The molecule has 0 bridgehead atoms. The van der Waals surface area contributed by atoms with Gasteiger partial charge in [0.15, 0.2) is 0 Å². The van der Waals surface area contributed by atoms with Gasteiger partial charge >= 0.3 is 0 Å². The van der Waals surface area contributed by atoms with Gasteiger partial charge in [0.25, 0.3) is 0 Å².